The van der Waals surface area contributed by atoms with Crippen LogP contribution in [0.1, 0.15) is 30.8 Å². The fourth-order valence-corrected chi connectivity index (χ4v) is 2.50. The number of rotatable bonds is 4. The standard InChI is InChI=1S/C14H22N2O2/c1-4-12-10-18-11(2)8-16(12)9-14(17)13-6-5-7-15(13)3/h5-7,11-12H,4,8-10H2,1-3H3. The summed E-state index contributed by atoms with van der Waals surface area (Å²) in [6, 6.07) is 4.16. The molecule has 0 aliphatic carbocycles. The molecular weight excluding hydrogens is 228 g/mol. The maximum atomic E-state index is 12.3. The van der Waals surface area contributed by atoms with Crippen molar-refractivity contribution in [1.82, 2.24) is 9.47 Å². The fraction of sp³-hybridized carbons (Fsp3) is 0.643. The number of morpholine rings is 1. The summed E-state index contributed by atoms with van der Waals surface area (Å²) < 4.78 is 7.53. The van der Waals surface area contributed by atoms with Crippen LogP contribution in [-0.4, -0.2) is 47.1 Å². The molecule has 4 nitrogen and oxygen atoms in total. The number of ether oxygens (including phenoxy) is 1. The Balaban J connectivity index is 2.03. The summed E-state index contributed by atoms with van der Waals surface area (Å²) in [5, 5.41) is 0. The molecule has 18 heavy (non-hydrogen) atoms. The summed E-state index contributed by atoms with van der Waals surface area (Å²) >= 11 is 0. The topological polar surface area (TPSA) is 34.5 Å². The molecule has 0 bridgehead atoms. The molecule has 2 rings (SSSR count). The minimum atomic E-state index is 0.190. The maximum absolute atomic E-state index is 12.3. The first-order valence-electron chi connectivity index (χ1n) is 6.62. The molecule has 2 unspecified atom stereocenters. The van der Waals surface area contributed by atoms with Crippen molar-refractivity contribution in [2.75, 3.05) is 19.7 Å². The number of Topliss-reactive ketones (excluding diaryl/α,β-unsaturated/α-hetero) is 1. The van der Waals surface area contributed by atoms with Gasteiger partial charge in [0.05, 0.1) is 24.9 Å². The van der Waals surface area contributed by atoms with Gasteiger partial charge in [0.1, 0.15) is 0 Å². The van der Waals surface area contributed by atoms with Crippen LogP contribution in [0.2, 0.25) is 0 Å². The van der Waals surface area contributed by atoms with Gasteiger partial charge < -0.3 is 9.30 Å². The molecule has 0 saturated carbocycles. The van der Waals surface area contributed by atoms with Gasteiger partial charge in [0.25, 0.3) is 0 Å². The lowest BCUT2D eigenvalue weighted by molar-refractivity contribution is -0.0524. The molecule has 0 radical (unpaired) electrons. The quantitative estimate of drug-likeness (QED) is 0.763. The van der Waals surface area contributed by atoms with Crippen LogP contribution in [0.3, 0.4) is 0 Å². The first kappa shape index (κ1) is 13.3. The van der Waals surface area contributed by atoms with Crippen molar-refractivity contribution in [3.05, 3.63) is 24.0 Å². The SMILES string of the molecule is CCC1COC(C)CN1CC(=O)c1cccn1C. The molecule has 1 aliphatic rings. The van der Waals surface area contributed by atoms with Crippen molar-refractivity contribution in [2.24, 2.45) is 7.05 Å². The van der Waals surface area contributed by atoms with Crippen molar-refractivity contribution in [3.63, 3.8) is 0 Å². The summed E-state index contributed by atoms with van der Waals surface area (Å²) in [4.78, 5) is 14.5. The van der Waals surface area contributed by atoms with E-state index in [9.17, 15) is 4.79 Å². The molecule has 0 aromatic carbocycles. The van der Waals surface area contributed by atoms with Gasteiger partial charge in [0.2, 0.25) is 0 Å². The highest BCUT2D eigenvalue weighted by molar-refractivity contribution is 5.96. The normalized spacial score (nSPS) is 25.3. The number of carbonyl (C=O) groups excluding carboxylic acids is 1. The Kier molecular flexibility index (Phi) is 4.19. The molecule has 1 aromatic rings. The number of nitrogens with zero attached hydrogens (tertiary/aromatic N) is 2. The van der Waals surface area contributed by atoms with Crippen LogP contribution in [-0.2, 0) is 11.8 Å². The first-order valence-corrected chi connectivity index (χ1v) is 6.62. The highest BCUT2D eigenvalue weighted by atomic mass is 16.5. The lowest BCUT2D eigenvalue weighted by Crippen LogP contribution is -2.50. The molecule has 0 N–H and O–H groups in total. The van der Waals surface area contributed by atoms with Crippen LogP contribution in [0.4, 0.5) is 0 Å². The molecule has 2 heterocycles. The van der Waals surface area contributed by atoms with Crippen LogP contribution in [0.15, 0.2) is 18.3 Å². The van der Waals surface area contributed by atoms with E-state index < -0.39 is 0 Å². The van der Waals surface area contributed by atoms with Gasteiger partial charge in [0, 0.05) is 25.8 Å². The predicted molar refractivity (Wildman–Crippen MR) is 70.8 cm³/mol. The lowest BCUT2D eigenvalue weighted by atomic mass is 10.1. The minimum absolute atomic E-state index is 0.190. The molecule has 1 saturated heterocycles. The largest absolute Gasteiger partial charge is 0.376 e. The van der Waals surface area contributed by atoms with Crippen molar-refractivity contribution < 1.29 is 9.53 Å². The third-order valence-electron chi connectivity index (χ3n) is 3.63. The van der Waals surface area contributed by atoms with E-state index >= 15 is 0 Å². The van der Waals surface area contributed by atoms with Crippen molar-refractivity contribution in [3.8, 4) is 0 Å². The number of carbonyl (C=O) groups is 1. The summed E-state index contributed by atoms with van der Waals surface area (Å²) in [5.41, 5.74) is 0.781. The van der Waals surface area contributed by atoms with Gasteiger partial charge in [0.15, 0.2) is 5.78 Å². The number of ketones is 1. The molecule has 0 spiro atoms. The Morgan fingerprint density at radius 3 is 2.94 bits per heavy atom. The number of hydrogen-bond acceptors (Lipinski definition) is 3. The van der Waals surface area contributed by atoms with E-state index in [2.05, 4.69) is 18.7 Å². The molecule has 1 aromatic heterocycles. The van der Waals surface area contributed by atoms with Crippen LogP contribution < -0.4 is 0 Å². The van der Waals surface area contributed by atoms with E-state index in [0.717, 1.165) is 25.3 Å². The number of hydrogen-bond donors (Lipinski definition) is 0. The average Bonchev–Trinajstić information content (AvgIpc) is 2.76. The third-order valence-corrected chi connectivity index (χ3v) is 3.63. The van der Waals surface area contributed by atoms with Gasteiger partial charge in [-0.1, -0.05) is 6.92 Å². The molecule has 0 amide bonds. The molecular formula is C14H22N2O2. The highest BCUT2D eigenvalue weighted by Crippen LogP contribution is 2.15. The van der Waals surface area contributed by atoms with E-state index in [0.29, 0.717) is 12.6 Å². The van der Waals surface area contributed by atoms with Gasteiger partial charge >= 0.3 is 0 Å². The second kappa shape index (κ2) is 5.67. The van der Waals surface area contributed by atoms with Crippen molar-refractivity contribution in [2.45, 2.75) is 32.4 Å². The summed E-state index contributed by atoms with van der Waals surface area (Å²) in [6.45, 7) is 6.27. The van der Waals surface area contributed by atoms with E-state index in [4.69, 9.17) is 4.74 Å². The second-order valence-electron chi connectivity index (χ2n) is 5.06. The zero-order valence-electron chi connectivity index (χ0n) is 11.4. The third kappa shape index (κ3) is 2.82. The van der Waals surface area contributed by atoms with E-state index in [-0.39, 0.29) is 11.9 Å². The Bertz CT molecular complexity index is 414. The monoisotopic (exact) mass is 250 g/mol. The summed E-state index contributed by atoms with van der Waals surface area (Å²) in [7, 11) is 1.91. The summed E-state index contributed by atoms with van der Waals surface area (Å²) in [6.07, 6.45) is 3.15. The van der Waals surface area contributed by atoms with Crippen LogP contribution in [0.25, 0.3) is 0 Å². The zero-order chi connectivity index (χ0) is 13.1. The molecule has 4 heteroatoms. The molecule has 100 valence electrons. The second-order valence-corrected chi connectivity index (χ2v) is 5.06. The van der Waals surface area contributed by atoms with Gasteiger partial charge in [-0.2, -0.15) is 0 Å². The van der Waals surface area contributed by atoms with Gasteiger partial charge in [-0.25, -0.2) is 0 Å². The highest BCUT2D eigenvalue weighted by Gasteiger charge is 2.27. The first-order chi connectivity index (χ1) is 8.61. The minimum Gasteiger partial charge on any atom is -0.376 e. The maximum Gasteiger partial charge on any atom is 0.193 e. The number of aromatic nitrogens is 1. The molecule has 2 atom stereocenters. The summed E-state index contributed by atoms with van der Waals surface area (Å²) in [5.74, 6) is 0.190. The van der Waals surface area contributed by atoms with Crippen molar-refractivity contribution >= 4 is 5.78 Å². The van der Waals surface area contributed by atoms with Crippen LogP contribution in [0, 0.1) is 0 Å². The lowest BCUT2D eigenvalue weighted by Gasteiger charge is -2.37. The Morgan fingerprint density at radius 2 is 2.33 bits per heavy atom. The van der Waals surface area contributed by atoms with E-state index in [1.54, 1.807) is 0 Å². The van der Waals surface area contributed by atoms with Gasteiger partial charge in [-0.05, 0) is 25.5 Å². The average molecular weight is 250 g/mol. The smallest absolute Gasteiger partial charge is 0.193 e. The predicted octanol–water partition coefficient (Wildman–Crippen LogP) is 1.71. The van der Waals surface area contributed by atoms with Crippen molar-refractivity contribution in [1.29, 1.82) is 0 Å². The van der Waals surface area contributed by atoms with Crippen LogP contribution >= 0.6 is 0 Å². The fourth-order valence-electron chi connectivity index (χ4n) is 2.50. The Labute approximate surface area is 109 Å². The zero-order valence-corrected chi connectivity index (χ0v) is 11.4. The van der Waals surface area contributed by atoms with E-state index in [1.807, 2.05) is 29.9 Å². The van der Waals surface area contributed by atoms with Gasteiger partial charge in [-0.3, -0.25) is 9.69 Å². The van der Waals surface area contributed by atoms with Crippen LogP contribution in [0.5, 0.6) is 0 Å². The molecule has 1 fully saturated rings. The van der Waals surface area contributed by atoms with E-state index in [1.165, 1.54) is 0 Å². The Morgan fingerprint density at radius 1 is 1.56 bits per heavy atom. The molecule has 1 aliphatic heterocycles. The Hall–Kier alpha value is -1.13. The number of aryl methyl sites for hydroxylation is 1. The van der Waals surface area contributed by atoms with Gasteiger partial charge in [-0.15, -0.1) is 0 Å².